The highest BCUT2D eigenvalue weighted by atomic mass is 16.6. The van der Waals surface area contributed by atoms with Crippen LogP contribution in [0.3, 0.4) is 0 Å². The van der Waals surface area contributed by atoms with Gasteiger partial charge in [-0.05, 0) is 50.8 Å². The number of fused-ring (bicyclic) bond motifs is 1. The molecule has 148 valence electrons. The van der Waals surface area contributed by atoms with E-state index in [9.17, 15) is 14.4 Å². The van der Waals surface area contributed by atoms with E-state index in [0.29, 0.717) is 12.2 Å². The minimum absolute atomic E-state index is 0.0242. The zero-order valence-electron chi connectivity index (χ0n) is 16.9. The summed E-state index contributed by atoms with van der Waals surface area (Å²) in [6.45, 7) is 11.2. The van der Waals surface area contributed by atoms with Gasteiger partial charge in [-0.25, -0.2) is 4.79 Å². The van der Waals surface area contributed by atoms with E-state index in [4.69, 9.17) is 4.74 Å². The van der Waals surface area contributed by atoms with Gasteiger partial charge >= 0.3 is 6.09 Å². The van der Waals surface area contributed by atoms with E-state index in [-0.39, 0.29) is 17.7 Å². The minimum atomic E-state index is -0.739. The van der Waals surface area contributed by atoms with Gasteiger partial charge in [-0.15, -0.1) is 0 Å². The number of rotatable bonds is 4. The molecule has 0 bridgehead atoms. The Labute approximate surface area is 160 Å². The molecule has 1 aliphatic rings. The second kappa shape index (κ2) is 7.98. The monoisotopic (exact) mass is 375 g/mol. The van der Waals surface area contributed by atoms with Crippen LogP contribution in [0.1, 0.15) is 47.1 Å². The first kappa shape index (κ1) is 20.7. The number of hydrogen-bond donors (Lipinski definition) is 2. The Hall–Kier alpha value is -2.57. The van der Waals surface area contributed by atoms with E-state index in [1.165, 1.54) is 6.92 Å². The van der Waals surface area contributed by atoms with E-state index in [1.807, 2.05) is 26.0 Å². The number of nitrogens with zero attached hydrogens (tertiary/aromatic N) is 1. The third kappa shape index (κ3) is 5.45. The largest absolute Gasteiger partial charge is 0.444 e. The van der Waals surface area contributed by atoms with Gasteiger partial charge in [-0.3, -0.25) is 9.59 Å². The lowest BCUT2D eigenvalue weighted by molar-refractivity contribution is -0.119. The van der Waals surface area contributed by atoms with Crippen molar-refractivity contribution in [2.75, 3.05) is 16.8 Å². The Morgan fingerprint density at radius 1 is 1.19 bits per heavy atom. The highest BCUT2D eigenvalue weighted by molar-refractivity contribution is 5.99. The van der Waals surface area contributed by atoms with Gasteiger partial charge in [0.05, 0.1) is 0 Å². The average Bonchev–Trinajstić information content (AvgIpc) is 2.93. The molecule has 0 spiro atoms. The Kier molecular flexibility index (Phi) is 6.13. The van der Waals surface area contributed by atoms with Crippen LogP contribution in [-0.4, -0.2) is 36.1 Å². The number of carbonyl (C=O) groups is 3. The van der Waals surface area contributed by atoms with Gasteiger partial charge in [-0.2, -0.15) is 0 Å². The fourth-order valence-electron chi connectivity index (χ4n) is 2.97. The van der Waals surface area contributed by atoms with Gasteiger partial charge in [0.2, 0.25) is 11.8 Å². The van der Waals surface area contributed by atoms with Crippen LogP contribution in [0.25, 0.3) is 0 Å². The maximum Gasteiger partial charge on any atom is 0.408 e. The van der Waals surface area contributed by atoms with Crippen LogP contribution in [0.2, 0.25) is 0 Å². The Morgan fingerprint density at radius 3 is 2.41 bits per heavy atom. The Morgan fingerprint density at radius 2 is 1.85 bits per heavy atom. The number of carbonyl (C=O) groups excluding carboxylic acids is 3. The van der Waals surface area contributed by atoms with Gasteiger partial charge in [0, 0.05) is 24.8 Å². The molecule has 1 aromatic carbocycles. The summed E-state index contributed by atoms with van der Waals surface area (Å²) in [5.74, 6) is -0.479. The molecule has 1 atom stereocenters. The summed E-state index contributed by atoms with van der Waals surface area (Å²) in [5.41, 5.74) is 1.85. The standard InChI is InChI=1S/C20H29N3O4/c1-12(2)17(22-19(26)27-20(4,5)6)18(25)21-15-8-7-14-9-10-23(13(3)24)16(14)11-15/h7-8,11-12,17H,9-10H2,1-6H3,(H,21,25)(H,22,26). The van der Waals surface area contributed by atoms with Crippen LogP contribution in [0, 0.1) is 5.92 Å². The van der Waals surface area contributed by atoms with Crippen molar-refractivity contribution in [2.45, 2.75) is 59.6 Å². The first-order chi connectivity index (χ1) is 12.5. The minimum Gasteiger partial charge on any atom is -0.444 e. The smallest absolute Gasteiger partial charge is 0.408 e. The summed E-state index contributed by atoms with van der Waals surface area (Å²) in [5, 5.41) is 5.47. The third-order valence-electron chi connectivity index (χ3n) is 4.25. The summed E-state index contributed by atoms with van der Waals surface area (Å²) >= 11 is 0. The van der Waals surface area contributed by atoms with Crippen LogP contribution in [-0.2, 0) is 20.7 Å². The number of anilines is 2. The van der Waals surface area contributed by atoms with Crippen LogP contribution in [0.15, 0.2) is 18.2 Å². The molecule has 27 heavy (non-hydrogen) atoms. The molecule has 0 aromatic heterocycles. The number of ether oxygens (including phenoxy) is 1. The molecular formula is C20H29N3O4. The normalized spacial score (nSPS) is 14.6. The number of benzene rings is 1. The topological polar surface area (TPSA) is 87.7 Å². The number of amides is 3. The highest BCUT2D eigenvalue weighted by Gasteiger charge is 2.28. The Bertz CT molecular complexity index is 737. The Balaban J connectivity index is 2.11. The maximum absolute atomic E-state index is 12.7. The van der Waals surface area contributed by atoms with Gasteiger partial charge in [-0.1, -0.05) is 19.9 Å². The molecule has 1 heterocycles. The molecule has 0 saturated heterocycles. The quantitative estimate of drug-likeness (QED) is 0.846. The SMILES string of the molecule is CC(=O)N1CCc2ccc(NC(=O)C(NC(=O)OC(C)(C)C)C(C)C)cc21. The van der Waals surface area contributed by atoms with Crippen molar-refractivity contribution in [1.82, 2.24) is 5.32 Å². The number of nitrogens with one attached hydrogen (secondary N) is 2. The van der Waals surface area contributed by atoms with Crippen molar-refractivity contribution < 1.29 is 19.1 Å². The number of hydrogen-bond acceptors (Lipinski definition) is 4. The summed E-state index contributed by atoms with van der Waals surface area (Å²) in [6.07, 6.45) is 0.172. The second-order valence-corrected chi connectivity index (χ2v) is 8.12. The van der Waals surface area contributed by atoms with Gasteiger partial charge < -0.3 is 20.3 Å². The van der Waals surface area contributed by atoms with Crippen molar-refractivity contribution in [3.63, 3.8) is 0 Å². The second-order valence-electron chi connectivity index (χ2n) is 8.12. The van der Waals surface area contributed by atoms with Gasteiger partial charge in [0.15, 0.2) is 0 Å². The van der Waals surface area contributed by atoms with E-state index < -0.39 is 17.7 Å². The van der Waals surface area contributed by atoms with Crippen LogP contribution in [0.5, 0.6) is 0 Å². The molecule has 2 N–H and O–H groups in total. The van der Waals surface area contributed by atoms with Crippen molar-refractivity contribution in [3.05, 3.63) is 23.8 Å². The predicted molar refractivity (Wildman–Crippen MR) is 105 cm³/mol. The fraction of sp³-hybridized carbons (Fsp3) is 0.550. The van der Waals surface area contributed by atoms with Crippen molar-refractivity contribution in [2.24, 2.45) is 5.92 Å². The molecule has 1 unspecified atom stereocenters. The molecule has 1 aliphatic heterocycles. The lowest BCUT2D eigenvalue weighted by atomic mass is 10.0. The van der Waals surface area contributed by atoms with Crippen molar-refractivity contribution in [3.8, 4) is 0 Å². The molecule has 1 aromatic rings. The average molecular weight is 375 g/mol. The van der Waals surface area contributed by atoms with Crippen LogP contribution in [0.4, 0.5) is 16.2 Å². The summed E-state index contributed by atoms with van der Waals surface area (Å²) in [7, 11) is 0. The zero-order valence-corrected chi connectivity index (χ0v) is 16.9. The summed E-state index contributed by atoms with van der Waals surface area (Å²) in [4.78, 5) is 38.2. The van der Waals surface area contributed by atoms with Crippen molar-refractivity contribution >= 4 is 29.3 Å². The van der Waals surface area contributed by atoms with Gasteiger partial charge in [0.1, 0.15) is 11.6 Å². The fourth-order valence-corrected chi connectivity index (χ4v) is 2.97. The van der Waals surface area contributed by atoms with Gasteiger partial charge in [0.25, 0.3) is 0 Å². The first-order valence-electron chi connectivity index (χ1n) is 9.19. The summed E-state index contributed by atoms with van der Waals surface area (Å²) in [6, 6.07) is 4.79. The third-order valence-corrected chi connectivity index (χ3v) is 4.25. The van der Waals surface area contributed by atoms with E-state index in [0.717, 1.165) is 17.7 Å². The molecule has 0 radical (unpaired) electrons. The maximum atomic E-state index is 12.7. The molecular weight excluding hydrogens is 346 g/mol. The predicted octanol–water partition coefficient (Wildman–Crippen LogP) is 3.08. The van der Waals surface area contributed by atoms with E-state index in [1.54, 1.807) is 31.7 Å². The number of alkyl carbamates (subject to hydrolysis) is 1. The lowest BCUT2D eigenvalue weighted by Crippen LogP contribution is -2.48. The lowest BCUT2D eigenvalue weighted by Gasteiger charge is -2.25. The van der Waals surface area contributed by atoms with Crippen molar-refractivity contribution in [1.29, 1.82) is 0 Å². The first-order valence-corrected chi connectivity index (χ1v) is 9.19. The molecule has 3 amide bonds. The molecule has 0 saturated carbocycles. The molecule has 2 rings (SSSR count). The van der Waals surface area contributed by atoms with E-state index in [2.05, 4.69) is 10.6 Å². The van der Waals surface area contributed by atoms with Crippen LogP contribution >= 0.6 is 0 Å². The zero-order chi connectivity index (χ0) is 20.4. The molecule has 7 nitrogen and oxygen atoms in total. The highest BCUT2D eigenvalue weighted by Crippen LogP contribution is 2.31. The molecule has 0 aliphatic carbocycles. The molecule has 0 fully saturated rings. The van der Waals surface area contributed by atoms with E-state index >= 15 is 0 Å². The van der Waals surface area contributed by atoms with Crippen LogP contribution < -0.4 is 15.5 Å². The molecule has 7 heteroatoms. The summed E-state index contributed by atoms with van der Waals surface area (Å²) < 4.78 is 5.25.